The fraction of sp³-hybridized carbons (Fsp3) is 0.462. The van der Waals surface area contributed by atoms with Gasteiger partial charge in [-0.2, -0.15) is 0 Å². The van der Waals surface area contributed by atoms with Gasteiger partial charge in [-0.1, -0.05) is 6.92 Å². The van der Waals surface area contributed by atoms with E-state index in [1.807, 2.05) is 6.92 Å². The molecule has 0 bridgehead atoms. The number of ether oxygens (including phenoxy) is 4. The van der Waals surface area contributed by atoms with Gasteiger partial charge in [-0.05, 0) is 25.5 Å². The lowest BCUT2D eigenvalue weighted by molar-refractivity contribution is -0.151. The standard InChI is InChI=1S/C13H16O5/c1-3-10(13(14)15-4-2)18-9-5-6-11-12(7-9)17-8-16-11/h5-7,10H,3-4,8H2,1-2H3/t10-/m1/s1. The van der Waals surface area contributed by atoms with Gasteiger partial charge in [0.25, 0.3) is 0 Å². The van der Waals surface area contributed by atoms with Crippen LogP contribution >= 0.6 is 0 Å². The molecule has 18 heavy (non-hydrogen) atoms. The highest BCUT2D eigenvalue weighted by Gasteiger charge is 2.21. The van der Waals surface area contributed by atoms with Gasteiger partial charge in [0.05, 0.1) is 6.61 Å². The maximum absolute atomic E-state index is 11.6. The molecule has 0 unspecified atom stereocenters. The van der Waals surface area contributed by atoms with E-state index in [0.717, 1.165) is 0 Å². The van der Waals surface area contributed by atoms with Gasteiger partial charge in [0.1, 0.15) is 5.75 Å². The molecule has 0 fully saturated rings. The predicted octanol–water partition coefficient (Wildman–Crippen LogP) is 2.14. The molecule has 1 aromatic rings. The largest absolute Gasteiger partial charge is 0.479 e. The van der Waals surface area contributed by atoms with Crippen LogP contribution in [0.1, 0.15) is 20.3 Å². The van der Waals surface area contributed by atoms with Gasteiger partial charge in [0.2, 0.25) is 6.79 Å². The molecule has 0 aromatic heterocycles. The molecule has 0 aliphatic carbocycles. The molecule has 5 nitrogen and oxygen atoms in total. The molecule has 98 valence electrons. The van der Waals surface area contributed by atoms with E-state index in [2.05, 4.69) is 0 Å². The molecule has 0 spiro atoms. The molecule has 0 saturated carbocycles. The monoisotopic (exact) mass is 252 g/mol. The zero-order valence-corrected chi connectivity index (χ0v) is 10.5. The quantitative estimate of drug-likeness (QED) is 0.751. The molecule has 0 radical (unpaired) electrons. The van der Waals surface area contributed by atoms with Crippen molar-refractivity contribution in [2.24, 2.45) is 0 Å². The van der Waals surface area contributed by atoms with E-state index in [9.17, 15) is 4.79 Å². The van der Waals surface area contributed by atoms with Crippen LogP contribution < -0.4 is 14.2 Å². The summed E-state index contributed by atoms with van der Waals surface area (Å²) in [4.78, 5) is 11.6. The van der Waals surface area contributed by atoms with Crippen molar-refractivity contribution in [3.8, 4) is 17.2 Å². The molecule has 0 N–H and O–H groups in total. The van der Waals surface area contributed by atoms with Gasteiger partial charge in [-0.3, -0.25) is 0 Å². The Balaban J connectivity index is 2.05. The van der Waals surface area contributed by atoms with Crippen molar-refractivity contribution >= 4 is 5.97 Å². The zero-order chi connectivity index (χ0) is 13.0. The predicted molar refractivity (Wildman–Crippen MR) is 63.9 cm³/mol. The number of rotatable bonds is 5. The topological polar surface area (TPSA) is 54.0 Å². The van der Waals surface area contributed by atoms with Crippen LogP contribution in [0.5, 0.6) is 17.2 Å². The van der Waals surface area contributed by atoms with Crippen LogP contribution in [0.15, 0.2) is 18.2 Å². The summed E-state index contributed by atoms with van der Waals surface area (Å²) in [6, 6.07) is 5.22. The van der Waals surface area contributed by atoms with E-state index in [0.29, 0.717) is 30.3 Å². The van der Waals surface area contributed by atoms with Gasteiger partial charge < -0.3 is 18.9 Å². The van der Waals surface area contributed by atoms with Crippen molar-refractivity contribution in [3.05, 3.63) is 18.2 Å². The minimum absolute atomic E-state index is 0.216. The van der Waals surface area contributed by atoms with Gasteiger partial charge in [-0.15, -0.1) is 0 Å². The second kappa shape index (κ2) is 5.62. The first-order valence-electron chi connectivity index (χ1n) is 5.97. The average molecular weight is 252 g/mol. The highest BCUT2D eigenvalue weighted by Crippen LogP contribution is 2.35. The maximum Gasteiger partial charge on any atom is 0.347 e. The van der Waals surface area contributed by atoms with E-state index in [1.54, 1.807) is 25.1 Å². The summed E-state index contributed by atoms with van der Waals surface area (Å²) in [5, 5.41) is 0. The van der Waals surface area contributed by atoms with E-state index < -0.39 is 6.10 Å². The van der Waals surface area contributed by atoms with Crippen LogP contribution in [0.4, 0.5) is 0 Å². The first-order valence-corrected chi connectivity index (χ1v) is 5.97. The number of hydrogen-bond donors (Lipinski definition) is 0. The number of benzene rings is 1. The third kappa shape index (κ3) is 2.67. The van der Waals surface area contributed by atoms with Crippen molar-refractivity contribution < 1.29 is 23.7 Å². The SMILES string of the molecule is CCOC(=O)[C@@H](CC)Oc1ccc2c(c1)OCO2. The lowest BCUT2D eigenvalue weighted by Crippen LogP contribution is -2.28. The van der Waals surface area contributed by atoms with Crippen LogP contribution in [0, 0.1) is 0 Å². The lowest BCUT2D eigenvalue weighted by Gasteiger charge is -2.16. The Morgan fingerprint density at radius 2 is 2.11 bits per heavy atom. The Bertz CT molecular complexity index is 429. The molecule has 1 aliphatic rings. The molecule has 1 atom stereocenters. The van der Waals surface area contributed by atoms with E-state index in [1.165, 1.54) is 0 Å². The van der Waals surface area contributed by atoms with Gasteiger partial charge in [0.15, 0.2) is 17.6 Å². The molecule has 0 amide bonds. The minimum Gasteiger partial charge on any atom is -0.479 e. The van der Waals surface area contributed by atoms with Crippen LogP contribution in [0.3, 0.4) is 0 Å². The lowest BCUT2D eigenvalue weighted by atomic mass is 10.2. The summed E-state index contributed by atoms with van der Waals surface area (Å²) in [5.41, 5.74) is 0. The van der Waals surface area contributed by atoms with Crippen LogP contribution in [0.2, 0.25) is 0 Å². The highest BCUT2D eigenvalue weighted by atomic mass is 16.7. The van der Waals surface area contributed by atoms with Crippen molar-refractivity contribution in [3.63, 3.8) is 0 Å². The third-order valence-corrected chi connectivity index (χ3v) is 2.54. The smallest absolute Gasteiger partial charge is 0.347 e. The second-order valence-corrected chi connectivity index (χ2v) is 3.78. The van der Waals surface area contributed by atoms with Crippen LogP contribution in [0.25, 0.3) is 0 Å². The molecular formula is C13H16O5. The van der Waals surface area contributed by atoms with Crippen molar-refractivity contribution in [1.29, 1.82) is 0 Å². The fourth-order valence-corrected chi connectivity index (χ4v) is 1.65. The first-order chi connectivity index (χ1) is 8.74. The highest BCUT2D eigenvalue weighted by molar-refractivity contribution is 5.75. The molecule has 1 heterocycles. The van der Waals surface area contributed by atoms with Gasteiger partial charge >= 0.3 is 5.97 Å². The number of carbonyl (C=O) groups excluding carboxylic acids is 1. The summed E-state index contributed by atoms with van der Waals surface area (Å²) >= 11 is 0. The number of esters is 1. The summed E-state index contributed by atoms with van der Waals surface area (Å²) in [5.74, 6) is 1.54. The summed E-state index contributed by atoms with van der Waals surface area (Å²) in [6.07, 6.45) is -0.0434. The molecule has 2 rings (SSSR count). The Labute approximate surface area is 106 Å². The summed E-state index contributed by atoms with van der Waals surface area (Å²) in [6.45, 7) is 4.20. The van der Waals surface area contributed by atoms with Crippen molar-refractivity contribution in [1.82, 2.24) is 0 Å². The third-order valence-electron chi connectivity index (χ3n) is 2.54. The van der Waals surface area contributed by atoms with E-state index in [4.69, 9.17) is 18.9 Å². The Morgan fingerprint density at radius 1 is 1.33 bits per heavy atom. The maximum atomic E-state index is 11.6. The Morgan fingerprint density at radius 3 is 2.83 bits per heavy atom. The average Bonchev–Trinajstić information content (AvgIpc) is 2.83. The van der Waals surface area contributed by atoms with Gasteiger partial charge in [0, 0.05) is 6.07 Å². The minimum atomic E-state index is -0.592. The molecular weight excluding hydrogens is 236 g/mol. The van der Waals surface area contributed by atoms with Gasteiger partial charge in [-0.25, -0.2) is 4.79 Å². The number of carbonyl (C=O) groups is 1. The zero-order valence-electron chi connectivity index (χ0n) is 10.5. The van der Waals surface area contributed by atoms with E-state index >= 15 is 0 Å². The van der Waals surface area contributed by atoms with E-state index in [-0.39, 0.29) is 12.8 Å². The normalized spacial score (nSPS) is 14.1. The first kappa shape index (κ1) is 12.5. The van der Waals surface area contributed by atoms with Crippen LogP contribution in [-0.2, 0) is 9.53 Å². The molecule has 1 aromatic carbocycles. The molecule has 0 saturated heterocycles. The second-order valence-electron chi connectivity index (χ2n) is 3.78. The summed E-state index contributed by atoms with van der Waals surface area (Å²) in [7, 11) is 0. The Kier molecular flexibility index (Phi) is 3.92. The molecule has 5 heteroatoms. The Hall–Kier alpha value is -1.91. The number of fused-ring (bicyclic) bond motifs is 1. The van der Waals surface area contributed by atoms with Crippen molar-refractivity contribution in [2.45, 2.75) is 26.4 Å². The molecule has 1 aliphatic heterocycles. The summed E-state index contributed by atoms with van der Waals surface area (Å²) < 4.78 is 21.0. The fourth-order valence-electron chi connectivity index (χ4n) is 1.65. The number of hydrogen-bond acceptors (Lipinski definition) is 5. The van der Waals surface area contributed by atoms with Crippen LogP contribution in [-0.4, -0.2) is 25.5 Å². The van der Waals surface area contributed by atoms with Crippen molar-refractivity contribution in [2.75, 3.05) is 13.4 Å².